The van der Waals surface area contributed by atoms with Crippen molar-refractivity contribution in [2.45, 2.75) is 38.9 Å². The highest BCUT2D eigenvalue weighted by Crippen LogP contribution is 2.36. The Kier molecular flexibility index (Phi) is 6.41. The normalized spacial score (nSPS) is 18.0. The van der Waals surface area contributed by atoms with Crippen molar-refractivity contribution in [2.75, 3.05) is 13.1 Å². The summed E-state index contributed by atoms with van der Waals surface area (Å²) in [5.41, 5.74) is 0.539. The largest absolute Gasteiger partial charge is 0.485 e. The van der Waals surface area contributed by atoms with E-state index in [0.29, 0.717) is 28.9 Å². The number of likely N-dealkylation sites (tertiary alicyclic amines) is 1. The van der Waals surface area contributed by atoms with E-state index in [1.54, 1.807) is 23.1 Å². The van der Waals surface area contributed by atoms with Crippen LogP contribution in [-0.2, 0) is 4.74 Å². The fraction of sp³-hybridized carbons (Fsp3) is 0.409. The van der Waals surface area contributed by atoms with Crippen molar-refractivity contribution in [2.24, 2.45) is 5.92 Å². The van der Waals surface area contributed by atoms with Crippen LogP contribution in [0.25, 0.3) is 0 Å². The Labute approximate surface area is 176 Å². The van der Waals surface area contributed by atoms with Crippen LogP contribution in [0.5, 0.6) is 5.75 Å². The van der Waals surface area contributed by atoms with Crippen molar-refractivity contribution in [1.29, 1.82) is 0 Å². The van der Waals surface area contributed by atoms with Gasteiger partial charge in [0.25, 0.3) is 0 Å². The Balaban J connectivity index is 1.79. The van der Waals surface area contributed by atoms with E-state index in [9.17, 15) is 4.79 Å². The molecule has 150 valence electrons. The molecule has 1 heterocycles. The van der Waals surface area contributed by atoms with Gasteiger partial charge in [0.15, 0.2) is 0 Å². The molecule has 6 heteroatoms. The molecule has 28 heavy (non-hydrogen) atoms. The average Bonchev–Trinajstić information content (AvgIpc) is 3.08. The molecule has 2 aromatic rings. The first-order valence-corrected chi connectivity index (χ1v) is 10.1. The van der Waals surface area contributed by atoms with Crippen molar-refractivity contribution < 1.29 is 14.3 Å². The summed E-state index contributed by atoms with van der Waals surface area (Å²) in [6, 6.07) is 15.2. The highest BCUT2D eigenvalue weighted by atomic mass is 35.5. The molecule has 2 atom stereocenters. The number of nitrogens with zero attached hydrogens (tertiary/aromatic N) is 1. The predicted molar refractivity (Wildman–Crippen MR) is 112 cm³/mol. The zero-order valence-electron chi connectivity index (χ0n) is 16.3. The SMILES string of the molecule is CC(C)(C)OC(=O)N1CC[C@H]([C@@H](Oc2cc(Cl)cc(Cl)c2)c2ccccc2)C1. The third-order valence-electron chi connectivity index (χ3n) is 4.53. The monoisotopic (exact) mass is 421 g/mol. The molecule has 0 radical (unpaired) electrons. The predicted octanol–water partition coefficient (Wildman–Crippen LogP) is 6.37. The summed E-state index contributed by atoms with van der Waals surface area (Å²) in [5.74, 6) is 0.745. The van der Waals surface area contributed by atoms with Crippen molar-refractivity contribution in [3.05, 3.63) is 64.1 Å². The lowest BCUT2D eigenvalue weighted by molar-refractivity contribution is 0.0273. The molecule has 0 aliphatic carbocycles. The van der Waals surface area contributed by atoms with Gasteiger partial charge in [-0.1, -0.05) is 53.5 Å². The quantitative estimate of drug-likeness (QED) is 0.575. The molecule has 0 bridgehead atoms. The van der Waals surface area contributed by atoms with Gasteiger partial charge in [0.05, 0.1) is 0 Å². The molecular formula is C22H25Cl2NO3. The summed E-state index contributed by atoms with van der Waals surface area (Å²) in [7, 11) is 0. The molecule has 3 rings (SSSR count). The molecule has 1 saturated heterocycles. The van der Waals surface area contributed by atoms with Gasteiger partial charge in [-0.3, -0.25) is 0 Å². The Bertz CT molecular complexity index is 800. The van der Waals surface area contributed by atoms with Crippen molar-refractivity contribution in [3.8, 4) is 5.75 Å². The summed E-state index contributed by atoms with van der Waals surface area (Å²) in [4.78, 5) is 14.2. The maximum atomic E-state index is 12.4. The molecule has 4 nitrogen and oxygen atoms in total. The van der Waals surface area contributed by atoms with Gasteiger partial charge in [0, 0.05) is 29.1 Å². The summed E-state index contributed by atoms with van der Waals surface area (Å²) in [5, 5.41) is 1.05. The van der Waals surface area contributed by atoms with Crippen LogP contribution in [0.15, 0.2) is 48.5 Å². The van der Waals surface area contributed by atoms with Crippen LogP contribution in [0.2, 0.25) is 10.0 Å². The second-order valence-corrected chi connectivity index (χ2v) is 8.90. The fourth-order valence-corrected chi connectivity index (χ4v) is 3.86. The molecule has 1 aliphatic heterocycles. The molecule has 0 unspecified atom stereocenters. The van der Waals surface area contributed by atoms with Gasteiger partial charge < -0.3 is 14.4 Å². The Morgan fingerprint density at radius 1 is 1.11 bits per heavy atom. The standard InChI is InChI=1S/C22H25Cl2NO3/c1-22(2,3)28-21(26)25-10-9-16(14-25)20(15-7-5-4-6-8-15)27-19-12-17(23)11-18(24)13-19/h4-8,11-13,16,20H,9-10,14H2,1-3H3/t16-,20-/m0/s1. The minimum atomic E-state index is -0.512. The lowest BCUT2D eigenvalue weighted by Gasteiger charge is -2.27. The van der Waals surface area contributed by atoms with E-state index in [4.69, 9.17) is 32.7 Å². The number of benzene rings is 2. The van der Waals surface area contributed by atoms with Gasteiger partial charge in [-0.25, -0.2) is 4.79 Å². The van der Waals surface area contributed by atoms with Crippen LogP contribution in [0.3, 0.4) is 0 Å². The van der Waals surface area contributed by atoms with Gasteiger partial charge in [0.2, 0.25) is 0 Å². The molecule has 1 aliphatic rings. The number of ether oxygens (including phenoxy) is 2. The molecule has 0 N–H and O–H groups in total. The summed E-state index contributed by atoms with van der Waals surface area (Å²) in [6.07, 6.45) is 0.323. The van der Waals surface area contributed by atoms with Crippen LogP contribution in [0, 0.1) is 5.92 Å². The number of amides is 1. The first kappa shape index (κ1) is 20.8. The highest BCUT2D eigenvalue weighted by Gasteiger charge is 2.36. The molecule has 2 aromatic carbocycles. The van der Waals surface area contributed by atoms with E-state index in [-0.39, 0.29) is 18.1 Å². The van der Waals surface area contributed by atoms with Crippen molar-refractivity contribution in [1.82, 2.24) is 4.90 Å². The zero-order chi connectivity index (χ0) is 20.3. The maximum Gasteiger partial charge on any atom is 0.410 e. The van der Waals surface area contributed by atoms with Gasteiger partial charge in [-0.05, 0) is 51.0 Å². The van der Waals surface area contributed by atoms with Crippen molar-refractivity contribution >= 4 is 29.3 Å². The molecule has 1 amide bonds. The lowest BCUT2D eigenvalue weighted by Crippen LogP contribution is -2.36. The summed E-state index contributed by atoms with van der Waals surface area (Å²) in [6.45, 7) is 6.83. The Morgan fingerprint density at radius 3 is 2.36 bits per heavy atom. The van der Waals surface area contributed by atoms with Gasteiger partial charge in [0.1, 0.15) is 17.5 Å². The summed E-state index contributed by atoms with van der Waals surface area (Å²) >= 11 is 12.3. The molecule has 0 aromatic heterocycles. The van der Waals surface area contributed by atoms with Crippen LogP contribution < -0.4 is 4.74 Å². The highest BCUT2D eigenvalue weighted by molar-refractivity contribution is 6.34. The second-order valence-electron chi connectivity index (χ2n) is 8.03. The maximum absolute atomic E-state index is 12.4. The minimum absolute atomic E-state index is 0.132. The van der Waals surface area contributed by atoms with Crippen LogP contribution in [-0.4, -0.2) is 29.7 Å². The van der Waals surface area contributed by atoms with Gasteiger partial charge in [-0.2, -0.15) is 0 Å². The van der Waals surface area contributed by atoms with E-state index in [0.717, 1.165) is 12.0 Å². The van der Waals surface area contributed by atoms with Crippen LogP contribution in [0.1, 0.15) is 38.9 Å². The van der Waals surface area contributed by atoms with E-state index in [1.165, 1.54) is 0 Å². The third-order valence-corrected chi connectivity index (χ3v) is 4.97. The first-order chi connectivity index (χ1) is 13.2. The van der Waals surface area contributed by atoms with Crippen LogP contribution >= 0.6 is 23.2 Å². The fourth-order valence-electron chi connectivity index (χ4n) is 3.35. The van der Waals surface area contributed by atoms with Crippen molar-refractivity contribution in [3.63, 3.8) is 0 Å². The lowest BCUT2D eigenvalue weighted by atomic mass is 9.95. The Hall–Kier alpha value is -1.91. The smallest absolute Gasteiger partial charge is 0.410 e. The van der Waals surface area contributed by atoms with Gasteiger partial charge in [-0.15, -0.1) is 0 Å². The molecule has 0 spiro atoms. The second kappa shape index (κ2) is 8.62. The van der Waals surface area contributed by atoms with E-state index < -0.39 is 5.60 Å². The number of halogens is 2. The number of rotatable bonds is 4. The topological polar surface area (TPSA) is 38.8 Å². The van der Waals surface area contributed by atoms with E-state index in [2.05, 4.69) is 0 Å². The number of carbonyl (C=O) groups excluding carboxylic acids is 1. The minimum Gasteiger partial charge on any atom is -0.485 e. The van der Waals surface area contributed by atoms with E-state index in [1.807, 2.05) is 51.1 Å². The van der Waals surface area contributed by atoms with E-state index >= 15 is 0 Å². The van der Waals surface area contributed by atoms with Crippen LogP contribution in [0.4, 0.5) is 4.79 Å². The first-order valence-electron chi connectivity index (χ1n) is 9.37. The number of carbonyl (C=O) groups is 1. The number of hydrogen-bond donors (Lipinski definition) is 0. The van der Waals surface area contributed by atoms with Gasteiger partial charge >= 0.3 is 6.09 Å². The third kappa shape index (κ3) is 5.55. The molecule has 0 saturated carbocycles. The molecular weight excluding hydrogens is 397 g/mol. The zero-order valence-corrected chi connectivity index (χ0v) is 17.8. The number of hydrogen-bond acceptors (Lipinski definition) is 3. The Morgan fingerprint density at radius 2 is 1.75 bits per heavy atom. The summed E-state index contributed by atoms with van der Waals surface area (Å²) < 4.78 is 11.8. The molecule has 1 fully saturated rings. The average molecular weight is 422 g/mol.